The molecule has 1 aromatic carbocycles. The number of ether oxygens (including phenoxy) is 1. The molecule has 0 unspecified atom stereocenters. The van der Waals surface area contributed by atoms with Crippen LogP contribution in [0.1, 0.15) is 29.2 Å². The van der Waals surface area contributed by atoms with Crippen LogP contribution in [0.15, 0.2) is 22.0 Å². The quantitative estimate of drug-likeness (QED) is 0.876. The van der Waals surface area contributed by atoms with Crippen LogP contribution in [0.25, 0.3) is 10.9 Å². The molecular formula is C15H14FNO4S. The van der Waals surface area contributed by atoms with E-state index in [2.05, 4.69) is 0 Å². The van der Waals surface area contributed by atoms with Gasteiger partial charge in [0.15, 0.2) is 11.6 Å². The Balaban J connectivity index is 2.58. The number of carbonyl (C=O) groups is 1. The van der Waals surface area contributed by atoms with Gasteiger partial charge in [0.2, 0.25) is 5.43 Å². The minimum absolute atomic E-state index is 0.0197. The number of thioether (sulfide) groups is 1. The van der Waals surface area contributed by atoms with E-state index in [4.69, 9.17) is 4.74 Å². The van der Waals surface area contributed by atoms with E-state index in [9.17, 15) is 19.1 Å². The first-order valence-corrected chi connectivity index (χ1v) is 7.95. The minimum atomic E-state index is -1.27. The third-order valence-electron chi connectivity index (χ3n) is 3.75. The number of hydrogen-bond acceptors (Lipinski definition) is 4. The van der Waals surface area contributed by atoms with Gasteiger partial charge in [0.05, 0.1) is 23.0 Å². The molecule has 1 saturated carbocycles. The maximum absolute atomic E-state index is 14.0. The Morgan fingerprint density at radius 3 is 2.64 bits per heavy atom. The van der Waals surface area contributed by atoms with Crippen molar-refractivity contribution in [2.24, 2.45) is 0 Å². The molecule has 1 aromatic heterocycles. The molecule has 1 aliphatic carbocycles. The zero-order chi connectivity index (χ0) is 16.0. The Labute approximate surface area is 129 Å². The van der Waals surface area contributed by atoms with Gasteiger partial charge in [-0.25, -0.2) is 9.18 Å². The van der Waals surface area contributed by atoms with Crippen LogP contribution >= 0.6 is 11.8 Å². The van der Waals surface area contributed by atoms with Gasteiger partial charge in [0.1, 0.15) is 5.56 Å². The molecule has 1 fully saturated rings. The van der Waals surface area contributed by atoms with Gasteiger partial charge < -0.3 is 14.4 Å². The molecule has 22 heavy (non-hydrogen) atoms. The molecule has 1 N–H and O–H groups in total. The lowest BCUT2D eigenvalue weighted by atomic mass is 10.1. The second-order valence-electron chi connectivity index (χ2n) is 5.10. The van der Waals surface area contributed by atoms with Gasteiger partial charge in [-0.3, -0.25) is 4.79 Å². The van der Waals surface area contributed by atoms with Gasteiger partial charge in [-0.2, -0.15) is 0 Å². The van der Waals surface area contributed by atoms with Crippen molar-refractivity contribution in [2.75, 3.05) is 13.4 Å². The predicted molar refractivity (Wildman–Crippen MR) is 81.7 cm³/mol. The number of pyridine rings is 1. The molecule has 0 aliphatic heterocycles. The summed E-state index contributed by atoms with van der Waals surface area (Å²) in [5.74, 6) is -1.86. The molecule has 1 heterocycles. The number of fused-ring (bicyclic) bond motifs is 1. The van der Waals surface area contributed by atoms with Crippen LogP contribution in [0, 0.1) is 5.82 Å². The zero-order valence-electron chi connectivity index (χ0n) is 12.1. The Morgan fingerprint density at radius 1 is 1.45 bits per heavy atom. The fourth-order valence-corrected chi connectivity index (χ4v) is 3.51. The molecule has 116 valence electrons. The van der Waals surface area contributed by atoms with E-state index in [1.54, 1.807) is 10.8 Å². The summed E-state index contributed by atoms with van der Waals surface area (Å²) in [6.45, 7) is 0. The monoisotopic (exact) mass is 323 g/mol. The van der Waals surface area contributed by atoms with Crippen molar-refractivity contribution < 1.29 is 19.0 Å². The normalized spacial score (nSPS) is 14.3. The molecule has 0 radical (unpaired) electrons. The largest absolute Gasteiger partial charge is 0.492 e. The molecule has 0 atom stereocenters. The lowest BCUT2D eigenvalue weighted by molar-refractivity contribution is 0.0690. The smallest absolute Gasteiger partial charge is 0.342 e. The van der Waals surface area contributed by atoms with E-state index >= 15 is 0 Å². The lowest BCUT2D eigenvalue weighted by Crippen LogP contribution is -2.22. The number of benzene rings is 1. The van der Waals surface area contributed by atoms with Gasteiger partial charge >= 0.3 is 5.97 Å². The number of methoxy groups -OCH3 is 1. The third kappa shape index (κ3) is 2.08. The molecule has 0 spiro atoms. The van der Waals surface area contributed by atoms with Crippen LogP contribution in [-0.4, -0.2) is 29.0 Å². The number of hydrogen-bond donors (Lipinski definition) is 1. The van der Waals surface area contributed by atoms with E-state index in [0.29, 0.717) is 10.5 Å². The van der Waals surface area contributed by atoms with Crippen LogP contribution in [0.3, 0.4) is 0 Å². The summed E-state index contributed by atoms with van der Waals surface area (Å²) in [6, 6.07) is 2.52. The number of nitrogens with zero attached hydrogens (tertiary/aromatic N) is 1. The summed E-state index contributed by atoms with van der Waals surface area (Å²) in [5.41, 5.74) is -0.535. The van der Waals surface area contributed by atoms with Crippen LogP contribution in [0.4, 0.5) is 4.39 Å². The summed E-state index contributed by atoms with van der Waals surface area (Å²) in [5, 5.41) is 9.92. The summed E-state index contributed by atoms with van der Waals surface area (Å²) in [6.07, 6.45) is 3.44. The van der Waals surface area contributed by atoms with Crippen molar-refractivity contribution in [3.8, 4) is 5.75 Å². The number of halogens is 1. The first kappa shape index (κ1) is 14.9. The highest BCUT2D eigenvalue weighted by molar-refractivity contribution is 7.98. The Hall–Kier alpha value is -2.02. The molecule has 3 rings (SSSR count). The van der Waals surface area contributed by atoms with Gasteiger partial charge in [-0.05, 0) is 31.2 Å². The molecule has 0 saturated heterocycles. The van der Waals surface area contributed by atoms with Crippen molar-refractivity contribution >= 4 is 28.6 Å². The van der Waals surface area contributed by atoms with Crippen LogP contribution in [-0.2, 0) is 0 Å². The molecule has 1 aliphatic rings. The van der Waals surface area contributed by atoms with E-state index in [0.717, 1.165) is 18.9 Å². The number of aromatic nitrogens is 1. The summed E-state index contributed by atoms with van der Waals surface area (Å²) in [4.78, 5) is 24.1. The van der Waals surface area contributed by atoms with Gasteiger partial charge in [-0.15, -0.1) is 11.8 Å². The van der Waals surface area contributed by atoms with E-state index in [-0.39, 0.29) is 22.7 Å². The SMILES string of the molecule is COc1c(F)ccc2c(=O)c(C(=O)O)c(SC)n(C3CC3)c12. The third-order valence-corrected chi connectivity index (χ3v) is 4.54. The van der Waals surface area contributed by atoms with Crippen LogP contribution < -0.4 is 10.2 Å². The first-order valence-electron chi connectivity index (χ1n) is 6.73. The molecule has 5 nitrogen and oxygen atoms in total. The second-order valence-corrected chi connectivity index (χ2v) is 5.89. The highest BCUT2D eigenvalue weighted by Gasteiger charge is 2.32. The zero-order valence-corrected chi connectivity index (χ0v) is 12.9. The Morgan fingerprint density at radius 2 is 2.14 bits per heavy atom. The minimum Gasteiger partial charge on any atom is -0.492 e. The fraction of sp³-hybridized carbons (Fsp3) is 0.333. The number of carboxylic acid groups (broad SMARTS) is 1. The molecule has 2 aromatic rings. The average molecular weight is 323 g/mol. The van der Waals surface area contributed by atoms with Crippen molar-refractivity contribution in [1.82, 2.24) is 4.57 Å². The van der Waals surface area contributed by atoms with Crippen molar-refractivity contribution in [2.45, 2.75) is 23.9 Å². The Bertz CT molecular complexity index is 842. The molecule has 0 amide bonds. The number of aromatic carboxylic acids is 1. The molecule has 7 heteroatoms. The maximum atomic E-state index is 14.0. The summed E-state index contributed by atoms with van der Waals surface area (Å²) >= 11 is 1.18. The summed E-state index contributed by atoms with van der Waals surface area (Å²) < 4.78 is 20.9. The van der Waals surface area contributed by atoms with Crippen LogP contribution in [0.2, 0.25) is 0 Å². The number of rotatable bonds is 4. The Kier molecular flexibility index (Phi) is 3.60. The van der Waals surface area contributed by atoms with Crippen LogP contribution in [0.5, 0.6) is 5.75 Å². The van der Waals surface area contributed by atoms with Gasteiger partial charge in [0.25, 0.3) is 0 Å². The molecule has 0 bridgehead atoms. The highest BCUT2D eigenvalue weighted by atomic mass is 32.2. The first-order chi connectivity index (χ1) is 10.5. The second kappa shape index (κ2) is 5.31. The van der Waals surface area contributed by atoms with Crippen molar-refractivity contribution in [1.29, 1.82) is 0 Å². The number of carboxylic acids is 1. The summed E-state index contributed by atoms with van der Waals surface area (Å²) in [7, 11) is 1.34. The molecular weight excluding hydrogens is 309 g/mol. The van der Waals surface area contributed by atoms with E-state index < -0.39 is 17.2 Å². The van der Waals surface area contributed by atoms with Gasteiger partial charge in [-0.1, -0.05) is 0 Å². The average Bonchev–Trinajstić information content (AvgIpc) is 3.30. The van der Waals surface area contributed by atoms with Crippen molar-refractivity contribution in [3.05, 3.63) is 33.7 Å². The van der Waals surface area contributed by atoms with Crippen molar-refractivity contribution in [3.63, 3.8) is 0 Å². The van der Waals surface area contributed by atoms with E-state index in [1.807, 2.05) is 0 Å². The highest BCUT2D eigenvalue weighted by Crippen LogP contribution is 2.43. The predicted octanol–water partition coefficient (Wildman–Crippen LogP) is 2.90. The standard InChI is InChI=1S/C15H14FNO4S/c1-21-13-9(16)6-5-8-11(13)17(7-3-4-7)14(22-2)10(12(8)18)15(19)20/h5-7H,3-4H2,1-2H3,(H,19,20). The van der Waals surface area contributed by atoms with Gasteiger partial charge in [0, 0.05) is 6.04 Å². The van der Waals surface area contributed by atoms with E-state index in [1.165, 1.54) is 24.9 Å². The topological polar surface area (TPSA) is 68.5 Å². The fourth-order valence-electron chi connectivity index (χ4n) is 2.69. The maximum Gasteiger partial charge on any atom is 0.342 e. The lowest BCUT2D eigenvalue weighted by Gasteiger charge is -2.19.